The van der Waals surface area contributed by atoms with Gasteiger partial charge in [0.15, 0.2) is 16.7 Å². The monoisotopic (exact) mass is 495 g/mol. The van der Waals surface area contributed by atoms with Crippen molar-refractivity contribution >= 4 is 55.7 Å². The number of hydrogen-bond acceptors (Lipinski definition) is 8. The van der Waals surface area contributed by atoms with Crippen molar-refractivity contribution in [3.63, 3.8) is 0 Å². The van der Waals surface area contributed by atoms with E-state index in [1.807, 2.05) is 0 Å². The number of amides is 1. The zero-order valence-electron chi connectivity index (χ0n) is 17.4. The summed E-state index contributed by atoms with van der Waals surface area (Å²) in [6, 6.07) is 12.5. The van der Waals surface area contributed by atoms with Crippen LogP contribution in [0.4, 0.5) is 10.8 Å². The number of carbonyl (C=O) groups is 2. The summed E-state index contributed by atoms with van der Waals surface area (Å²) >= 11 is 7.22. The summed E-state index contributed by atoms with van der Waals surface area (Å²) in [6.45, 7) is 1.65. The van der Waals surface area contributed by atoms with Crippen LogP contribution in [0.2, 0.25) is 5.02 Å². The first-order valence-electron chi connectivity index (χ1n) is 9.93. The van der Waals surface area contributed by atoms with Gasteiger partial charge in [-0.25, -0.2) is 4.98 Å². The van der Waals surface area contributed by atoms with E-state index >= 15 is 0 Å². The van der Waals surface area contributed by atoms with Crippen molar-refractivity contribution in [3.8, 4) is 0 Å². The summed E-state index contributed by atoms with van der Waals surface area (Å²) in [5.74, 6) is -1.93. The Bertz CT molecular complexity index is 1540. The number of thiazole rings is 1. The van der Waals surface area contributed by atoms with Gasteiger partial charge in [0.1, 0.15) is 5.76 Å². The first kappa shape index (κ1) is 21.8. The predicted octanol–water partition coefficient (Wildman–Crippen LogP) is 5.54. The fourth-order valence-corrected chi connectivity index (χ4v) is 4.98. The van der Waals surface area contributed by atoms with E-state index in [1.54, 1.807) is 37.3 Å². The maximum atomic E-state index is 13.4. The molecule has 1 amide bonds. The topological polar surface area (TPSA) is 127 Å². The Labute approximate surface area is 200 Å². The second-order valence-electron chi connectivity index (χ2n) is 7.54. The highest BCUT2D eigenvalue weighted by Gasteiger charge is 2.46. The molecule has 2 aromatic carbocycles. The fraction of sp³-hybridized carbons (Fsp3) is 0.0870. The van der Waals surface area contributed by atoms with E-state index in [2.05, 4.69) is 4.98 Å². The standard InChI is InChI=1S/C23H14ClN3O6S/c1-11-5-7-16(33-11)20(28)18-19(12-3-2-4-14(9-12)27(31)32)26(22(30)21(18)29)23-25-15-10-13(24)6-8-17(15)34-23/h2-10,19,29H,1H3. The number of aliphatic hydroxyl groups is 1. The van der Waals surface area contributed by atoms with Crippen molar-refractivity contribution in [2.24, 2.45) is 0 Å². The first-order valence-corrected chi connectivity index (χ1v) is 11.1. The number of rotatable bonds is 5. The number of fused-ring (bicyclic) bond motifs is 1. The molecule has 0 aliphatic carbocycles. The number of nitro groups is 1. The van der Waals surface area contributed by atoms with Crippen LogP contribution in [0.15, 0.2) is 70.3 Å². The minimum atomic E-state index is -1.17. The van der Waals surface area contributed by atoms with Gasteiger partial charge in [0, 0.05) is 17.2 Å². The van der Waals surface area contributed by atoms with Crippen LogP contribution in [0.1, 0.15) is 27.9 Å². The fourth-order valence-electron chi connectivity index (χ4n) is 3.84. The Balaban J connectivity index is 1.70. The first-order chi connectivity index (χ1) is 16.2. The van der Waals surface area contributed by atoms with Crippen molar-refractivity contribution in [2.45, 2.75) is 13.0 Å². The molecule has 3 heterocycles. The number of non-ortho nitro benzene ring substituents is 1. The zero-order valence-corrected chi connectivity index (χ0v) is 19.0. The van der Waals surface area contributed by atoms with Gasteiger partial charge in [0.25, 0.3) is 11.6 Å². The maximum absolute atomic E-state index is 13.4. The molecule has 1 unspecified atom stereocenters. The van der Waals surface area contributed by atoms with Crippen LogP contribution in [0.3, 0.4) is 0 Å². The van der Waals surface area contributed by atoms with Crippen molar-refractivity contribution in [1.82, 2.24) is 4.98 Å². The van der Waals surface area contributed by atoms with Crippen LogP contribution in [0, 0.1) is 17.0 Å². The molecule has 1 N–H and O–H groups in total. The summed E-state index contributed by atoms with van der Waals surface area (Å²) in [7, 11) is 0. The molecule has 0 saturated carbocycles. The number of benzene rings is 2. The number of aryl methyl sites for hydroxylation is 1. The molecule has 1 aliphatic heterocycles. The van der Waals surface area contributed by atoms with E-state index in [9.17, 15) is 24.8 Å². The number of aromatic nitrogens is 1. The number of furan rings is 1. The molecule has 2 aromatic heterocycles. The highest BCUT2D eigenvalue weighted by Crippen LogP contribution is 2.45. The Morgan fingerprint density at radius 3 is 2.74 bits per heavy atom. The van der Waals surface area contributed by atoms with Crippen molar-refractivity contribution in [2.75, 3.05) is 4.90 Å². The summed E-state index contributed by atoms with van der Waals surface area (Å²) in [5, 5.41) is 22.9. The molecule has 11 heteroatoms. The third-order valence-corrected chi connectivity index (χ3v) is 6.63. The lowest BCUT2D eigenvalue weighted by Gasteiger charge is -2.24. The Morgan fingerprint density at radius 2 is 2.03 bits per heavy atom. The van der Waals surface area contributed by atoms with E-state index in [0.717, 1.165) is 20.9 Å². The molecule has 0 saturated heterocycles. The number of ketones is 1. The summed E-state index contributed by atoms with van der Waals surface area (Å²) in [4.78, 5) is 43.1. The Kier molecular flexibility index (Phi) is 5.18. The summed E-state index contributed by atoms with van der Waals surface area (Å²) in [5.41, 5.74) is 0.305. The SMILES string of the molecule is Cc1ccc(C(=O)C2=C(O)C(=O)N(c3nc4cc(Cl)ccc4s3)C2c2cccc([N+](=O)[O-])c2)o1. The van der Waals surface area contributed by atoms with Gasteiger partial charge in [0.2, 0.25) is 5.78 Å². The molecule has 170 valence electrons. The molecular weight excluding hydrogens is 482 g/mol. The highest BCUT2D eigenvalue weighted by atomic mass is 35.5. The molecule has 0 radical (unpaired) electrons. The predicted molar refractivity (Wildman–Crippen MR) is 125 cm³/mol. The average molecular weight is 496 g/mol. The normalized spacial score (nSPS) is 16.0. The van der Waals surface area contributed by atoms with Crippen LogP contribution < -0.4 is 4.90 Å². The quantitative estimate of drug-likeness (QED) is 0.218. The number of nitrogens with zero attached hydrogens (tertiary/aromatic N) is 3. The van der Waals surface area contributed by atoms with Gasteiger partial charge in [-0.05, 0) is 42.8 Å². The molecule has 9 nitrogen and oxygen atoms in total. The minimum Gasteiger partial charge on any atom is -0.503 e. The Morgan fingerprint density at radius 1 is 1.24 bits per heavy atom. The molecule has 34 heavy (non-hydrogen) atoms. The minimum absolute atomic E-state index is 0.0692. The molecule has 0 spiro atoms. The second-order valence-corrected chi connectivity index (χ2v) is 8.99. The van der Waals surface area contributed by atoms with Crippen LogP contribution in [0.5, 0.6) is 0 Å². The van der Waals surface area contributed by atoms with Crippen LogP contribution >= 0.6 is 22.9 Å². The molecule has 5 rings (SSSR count). The number of Topliss-reactive ketones (excluding diaryl/α,β-unsaturated/α-hetero) is 1. The van der Waals surface area contributed by atoms with Gasteiger partial charge in [-0.15, -0.1) is 0 Å². The number of hydrogen-bond donors (Lipinski definition) is 1. The van der Waals surface area contributed by atoms with Crippen LogP contribution in [0.25, 0.3) is 10.2 Å². The number of aliphatic hydroxyl groups excluding tert-OH is 1. The lowest BCUT2D eigenvalue weighted by Crippen LogP contribution is -2.31. The lowest BCUT2D eigenvalue weighted by atomic mass is 9.95. The Hall–Kier alpha value is -4.02. The molecular formula is C23H14ClN3O6S. The van der Waals surface area contributed by atoms with E-state index in [-0.39, 0.29) is 27.7 Å². The van der Waals surface area contributed by atoms with Gasteiger partial charge in [-0.3, -0.25) is 24.6 Å². The van der Waals surface area contributed by atoms with Crippen molar-refractivity contribution in [1.29, 1.82) is 0 Å². The lowest BCUT2D eigenvalue weighted by molar-refractivity contribution is -0.384. The van der Waals surface area contributed by atoms with E-state index in [0.29, 0.717) is 16.3 Å². The van der Waals surface area contributed by atoms with Crippen LogP contribution in [-0.2, 0) is 4.79 Å². The third kappa shape index (κ3) is 3.53. The smallest absolute Gasteiger partial charge is 0.296 e. The van der Waals surface area contributed by atoms with Crippen LogP contribution in [-0.4, -0.2) is 26.7 Å². The largest absolute Gasteiger partial charge is 0.503 e. The second kappa shape index (κ2) is 8.08. The van der Waals surface area contributed by atoms with E-state index in [4.69, 9.17) is 16.0 Å². The molecule has 1 atom stereocenters. The van der Waals surface area contributed by atoms with E-state index in [1.165, 1.54) is 24.3 Å². The van der Waals surface area contributed by atoms with Gasteiger partial charge in [-0.2, -0.15) is 0 Å². The number of anilines is 1. The molecule has 0 bridgehead atoms. The number of nitro benzene ring substituents is 1. The highest BCUT2D eigenvalue weighted by molar-refractivity contribution is 7.22. The molecule has 0 fully saturated rings. The summed E-state index contributed by atoms with van der Waals surface area (Å²) < 4.78 is 6.16. The third-order valence-electron chi connectivity index (χ3n) is 5.36. The molecule has 4 aromatic rings. The van der Waals surface area contributed by atoms with E-state index < -0.39 is 28.4 Å². The average Bonchev–Trinajstić information content (AvgIpc) is 3.49. The van der Waals surface area contributed by atoms with Gasteiger partial charge in [0.05, 0.1) is 26.8 Å². The van der Waals surface area contributed by atoms with Gasteiger partial charge in [-0.1, -0.05) is 35.1 Å². The molecule has 1 aliphatic rings. The van der Waals surface area contributed by atoms with Gasteiger partial charge < -0.3 is 9.52 Å². The summed E-state index contributed by atoms with van der Waals surface area (Å²) in [6.07, 6.45) is 0. The number of halogens is 1. The van der Waals surface area contributed by atoms with Crippen molar-refractivity contribution in [3.05, 3.63) is 98.2 Å². The van der Waals surface area contributed by atoms with Gasteiger partial charge >= 0.3 is 0 Å². The van der Waals surface area contributed by atoms with Crippen molar-refractivity contribution < 1.29 is 24.0 Å². The number of carbonyl (C=O) groups excluding carboxylic acids is 2. The maximum Gasteiger partial charge on any atom is 0.296 e. The zero-order chi connectivity index (χ0) is 24.1.